The van der Waals surface area contributed by atoms with E-state index in [9.17, 15) is 9.59 Å². The van der Waals surface area contributed by atoms with E-state index in [1.807, 2.05) is 0 Å². The van der Waals surface area contributed by atoms with Crippen molar-refractivity contribution in [2.24, 2.45) is 17.8 Å². The zero-order valence-corrected chi connectivity index (χ0v) is 10.7. The molecule has 0 spiro atoms. The summed E-state index contributed by atoms with van der Waals surface area (Å²) >= 11 is 0. The molecule has 0 bridgehead atoms. The summed E-state index contributed by atoms with van der Waals surface area (Å²) in [7, 11) is 0. The van der Waals surface area contributed by atoms with Gasteiger partial charge in [0.05, 0.1) is 0 Å². The van der Waals surface area contributed by atoms with Crippen LogP contribution in [0.25, 0.3) is 0 Å². The summed E-state index contributed by atoms with van der Waals surface area (Å²) in [4.78, 5) is 22.1. The average molecular weight is 241 g/mol. The van der Waals surface area contributed by atoms with E-state index >= 15 is 0 Å². The monoisotopic (exact) mass is 241 g/mol. The lowest BCUT2D eigenvalue weighted by molar-refractivity contribution is -0.146. The average Bonchev–Trinajstić information content (AvgIpc) is 2.35. The summed E-state index contributed by atoms with van der Waals surface area (Å²) in [6.45, 7) is 4.28. The van der Waals surface area contributed by atoms with Gasteiger partial charge in [0.15, 0.2) is 0 Å². The second-order valence-electron chi connectivity index (χ2n) is 5.10. The predicted octanol–water partition coefficient (Wildman–Crippen LogP) is 2.04. The van der Waals surface area contributed by atoms with Crippen LogP contribution in [-0.4, -0.2) is 23.5 Å². The highest BCUT2D eigenvalue weighted by Crippen LogP contribution is 2.30. The van der Waals surface area contributed by atoms with Gasteiger partial charge >= 0.3 is 5.97 Å². The van der Waals surface area contributed by atoms with Gasteiger partial charge in [-0.05, 0) is 31.6 Å². The molecule has 1 rings (SSSR count). The Bertz CT molecular complexity index is 270. The molecule has 2 N–H and O–H groups in total. The number of hydrogen-bond acceptors (Lipinski definition) is 2. The highest BCUT2D eigenvalue weighted by atomic mass is 16.4. The summed E-state index contributed by atoms with van der Waals surface area (Å²) in [5, 5.41) is 11.4. The molecule has 4 nitrogen and oxygen atoms in total. The van der Waals surface area contributed by atoms with Crippen molar-refractivity contribution in [1.82, 2.24) is 5.32 Å². The maximum atomic E-state index is 11.5. The highest BCUT2D eigenvalue weighted by molar-refractivity contribution is 5.96. The summed E-state index contributed by atoms with van der Waals surface area (Å²) in [6, 6.07) is 0. The van der Waals surface area contributed by atoms with E-state index in [0.29, 0.717) is 12.5 Å². The molecule has 0 aromatic rings. The van der Waals surface area contributed by atoms with Crippen molar-refractivity contribution in [3.05, 3.63) is 0 Å². The fourth-order valence-electron chi connectivity index (χ4n) is 2.35. The van der Waals surface area contributed by atoms with Crippen molar-refractivity contribution in [3.63, 3.8) is 0 Å². The Labute approximate surface area is 103 Å². The van der Waals surface area contributed by atoms with Crippen molar-refractivity contribution in [1.29, 1.82) is 0 Å². The number of nitrogens with one attached hydrogen (secondary N) is 1. The number of carboxylic acids is 1. The molecule has 0 radical (unpaired) electrons. The van der Waals surface area contributed by atoms with Crippen molar-refractivity contribution < 1.29 is 14.7 Å². The van der Waals surface area contributed by atoms with Crippen molar-refractivity contribution >= 4 is 11.9 Å². The quantitative estimate of drug-likeness (QED) is 0.724. The topological polar surface area (TPSA) is 66.4 Å². The largest absolute Gasteiger partial charge is 0.481 e. The van der Waals surface area contributed by atoms with Crippen molar-refractivity contribution in [2.75, 3.05) is 6.54 Å². The molecule has 1 atom stereocenters. The van der Waals surface area contributed by atoms with Gasteiger partial charge in [0, 0.05) is 6.54 Å². The van der Waals surface area contributed by atoms with Gasteiger partial charge in [0.1, 0.15) is 5.92 Å². The smallest absolute Gasteiger partial charge is 0.315 e. The van der Waals surface area contributed by atoms with Crippen LogP contribution < -0.4 is 5.32 Å². The number of amides is 1. The first-order chi connectivity index (χ1) is 8.04. The van der Waals surface area contributed by atoms with E-state index < -0.39 is 11.9 Å². The number of hydrogen-bond donors (Lipinski definition) is 2. The minimum absolute atomic E-state index is 0.366. The fourth-order valence-corrected chi connectivity index (χ4v) is 2.35. The van der Waals surface area contributed by atoms with Crippen LogP contribution in [0.4, 0.5) is 0 Å². The molecule has 1 fully saturated rings. The molecule has 1 amide bonds. The van der Waals surface area contributed by atoms with Gasteiger partial charge in [-0.25, -0.2) is 0 Å². The lowest BCUT2D eigenvalue weighted by atomic mass is 9.81. The molecule has 1 aliphatic rings. The Morgan fingerprint density at radius 1 is 1.24 bits per heavy atom. The second kappa shape index (κ2) is 6.62. The molecule has 1 saturated carbocycles. The van der Waals surface area contributed by atoms with E-state index in [-0.39, 0.29) is 5.91 Å². The van der Waals surface area contributed by atoms with E-state index in [4.69, 9.17) is 5.11 Å². The number of carboxylic acid groups (broad SMARTS) is 1. The first kappa shape index (κ1) is 14.0. The molecule has 0 aliphatic heterocycles. The molecule has 98 valence electrons. The van der Waals surface area contributed by atoms with E-state index in [1.54, 1.807) is 0 Å². The van der Waals surface area contributed by atoms with Crippen LogP contribution in [0.2, 0.25) is 0 Å². The lowest BCUT2D eigenvalue weighted by Crippen LogP contribution is -2.37. The SMILES string of the molecule is CCC1CCC(CNC(=O)C(C)C(=O)O)CC1. The molecule has 0 aromatic heterocycles. The normalized spacial score (nSPS) is 26.2. The van der Waals surface area contributed by atoms with Crippen LogP contribution in [-0.2, 0) is 9.59 Å². The number of aliphatic carboxylic acids is 1. The standard InChI is InChI=1S/C13H23NO3/c1-3-10-4-6-11(7-5-10)8-14-12(15)9(2)13(16)17/h9-11H,3-8H2,1-2H3,(H,14,15)(H,16,17). The molecular weight excluding hydrogens is 218 g/mol. The highest BCUT2D eigenvalue weighted by Gasteiger charge is 2.23. The zero-order chi connectivity index (χ0) is 12.8. The Morgan fingerprint density at radius 2 is 1.76 bits per heavy atom. The van der Waals surface area contributed by atoms with E-state index in [0.717, 1.165) is 18.8 Å². The number of rotatable bonds is 5. The molecule has 1 aliphatic carbocycles. The first-order valence-corrected chi connectivity index (χ1v) is 6.55. The third kappa shape index (κ3) is 4.36. The Hall–Kier alpha value is -1.06. The summed E-state index contributed by atoms with van der Waals surface area (Å²) in [5.74, 6) is -0.989. The summed E-state index contributed by atoms with van der Waals surface area (Å²) < 4.78 is 0. The van der Waals surface area contributed by atoms with Gasteiger partial charge in [-0.15, -0.1) is 0 Å². The lowest BCUT2D eigenvalue weighted by Gasteiger charge is -2.28. The minimum Gasteiger partial charge on any atom is -0.481 e. The maximum Gasteiger partial charge on any atom is 0.315 e. The second-order valence-corrected chi connectivity index (χ2v) is 5.10. The van der Waals surface area contributed by atoms with Gasteiger partial charge < -0.3 is 10.4 Å². The summed E-state index contributed by atoms with van der Waals surface area (Å²) in [5.41, 5.74) is 0. The van der Waals surface area contributed by atoms with Gasteiger partial charge in [0.25, 0.3) is 0 Å². The van der Waals surface area contributed by atoms with Crippen LogP contribution in [0.1, 0.15) is 46.0 Å². The Balaban J connectivity index is 2.23. The van der Waals surface area contributed by atoms with Gasteiger partial charge in [-0.3, -0.25) is 9.59 Å². The van der Waals surface area contributed by atoms with Gasteiger partial charge in [-0.2, -0.15) is 0 Å². The minimum atomic E-state index is -1.06. The van der Waals surface area contributed by atoms with E-state index in [1.165, 1.54) is 26.2 Å². The van der Waals surface area contributed by atoms with E-state index in [2.05, 4.69) is 12.2 Å². The summed E-state index contributed by atoms with van der Waals surface area (Å²) in [6.07, 6.45) is 6.03. The number of carbonyl (C=O) groups is 2. The van der Waals surface area contributed by atoms with Crippen LogP contribution in [0.15, 0.2) is 0 Å². The van der Waals surface area contributed by atoms with Crippen LogP contribution in [0, 0.1) is 17.8 Å². The van der Waals surface area contributed by atoms with Crippen molar-refractivity contribution in [2.45, 2.75) is 46.0 Å². The molecule has 17 heavy (non-hydrogen) atoms. The molecule has 0 heterocycles. The van der Waals surface area contributed by atoms with Crippen molar-refractivity contribution in [3.8, 4) is 0 Å². The molecular formula is C13H23NO3. The predicted molar refractivity (Wildman–Crippen MR) is 65.5 cm³/mol. The first-order valence-electron chi connectivity index (χ1n) is 6.55. The van der Waals surface area contributed by atoms with Crippen LogP contribution in [0.3, 0.4) is 0 Å². The Morgan fingerprint density at radius 3 is 2.24 bits per heavy atom. The number of carbonyl (C=O) groups excluding carboxylic acids is 1. The van der Waals surface area contributed by atoms with Crippen LogP contribution in [0.5, 0.6) is 0 Å². The Kier molecular flexibility index (Phi) is 5.45. The van der Waals surface area contributed by atoms with Gasteiger partial charge in [-0.1, -0.05) is 26.2 Å². The molecule has 1 unspecified atom stereocenters. The molecule has 4 heteroatoms. The third-order valence-electron chi connectivity index (χ3n) is 3.87. The zero-order valence-electron chi connectivity index (χ0n) is 10.7. The molecule has 0 saturated heterocycles. The maximum absolute atomic E-state index is 11.5. The van der Waals surface area contributed by atoms with Gasteiger partial charge in [0.2, 0.25) is 5.91 Å². The third-order valence-corrected chi connectivity index (χ3v) is 3.87. The fraction of sp³-hybridized carbons (Fsp3) is 0.846. The molecule has 0 aromatic carbocycles. The van der Waals surface area contributed by atoms with Crippen LogP contribution >= 0.6 is 0 Å².